The third kappa shape index (κ3) is 2.27. The lowest BCUT2D eigenvalue weighted by Gasteiger charge is -2.48. The Morgan fingerprint density at radius 3 is 2.45 bits per heavy atom. The number of rotatable bonds is 2. The molecule has 124 valence electrons. The predicted octanol–water partition coefficient (Wildman–Crippen LogP) is 3.08. The highest BCUT2D eigenvalue weighted by atomic mass is 19.4. The first kappa shape index (κ1) is 15.8. The average Bonchev–Trinajstić information content (AvgIpc) is 2.97. The molecule has 2 saturated carbocycles. The maximum atomic E-state index is 13.3. The lowest BCUT2D eigenvalue weighted by Crippen LogP contribution is -2.58. The highest BCUT2D eigenvalue weighted by Crippen LogP contribution is 2.58. The number of hydrogen-bond donors (Lipinski definition) is 1. The van der Waals surface area contributed by atoms with Crippen molar-refractivity contribution in [2.75, 3.05) is 0 Å². The van der Waals surface area contributed by atoms with Crippen molar-refractivity contribution in [3.63, 3.8) is 0 Å². The summed E-state index contributed by atoms with van der Waals surface area (Å²) in [5.74, 6) is -0.993. The topological polar surface area (TPSA) is 46.5 Å². The van der Waals surface area contributed by atoms with Crippen molar-refractivity contribution in [1.29, 1.82) is 0 Å². The molecule has 0 aliphatic heterocycles. The zero-order valence-electron chi connectivity index (χ0n) is 12.6. The van der Waals surface area contributed by atoms with Crippen LogP contribution in [0, 0.1) is 29.6 Å². The van der Waals surface area contributed by atoms with E-state index in [9.17, 15) is 23.1 Å². The Balaban J connectivity index is 1.93. The van der Waals surface area contributed by atoms with E-state index >= 15 is 0 Å². The zero-order valence-corrected chi connectivity index (χ0v) is 12.6. The standard InChI is InChI=1S/C16H21F3O3/c1-8(20)22-14-12(15(2,21)16(17,18)19)6-5-11-9-3-4-10(7-9)13(11)14/h3-4,9-14,21H,5-7H2,1-2H3. The van der Waals surface area contributed by atoms with Gasteiger partial charge in [-0.15, -0.1) is 0 Å². The van der Waals surface area contributed by atoms with Gasteiger partial charge in [0, 0.05) is 18.8 Å². The predicted molar refractivity (Wildman–Crippen MR) is 72.7 cm³/mol. The van der Waals surface area contributed by atoms with Crippen LogP contribution >= 0.6 is 0 Å². The van der Waals surface area contributed by atoms with Gasteiger partial charge in [0.1, 0.15) is 6.10 Å². The number of carbonyl (C=O) groups excluding carboxylic acids is 1. The quantitative estimate of drug-likeness (QED) is 0.629. The van der Waals surface area contributed by atoms with Crippen LogP contribution in [0.4, 0.5) is 13.2 Å². The highest BCUT2D eigenvalue weighted by Gasteiger charge is 2.63. The van der Waals surface area contributed by atoms with Crippen molar-refractivity contribution in [3.05, 3.63) is 12.2 Å². The molecule has 2 fully saturated rings. The molecule has 0 radical (unpaired) electrons. The summed E-state index contributed by atoms with van der Waals surface area (Å²) >= 11 is 0. The van der Waals surface area contributed by atoms with E-state index in [1.54, 1.807) is 0 Å². The molecule has 0 heterocycles. The fourth-order valence-electron chi connectivity index (χ4n) is 4.82. The summed E-state index contributed by atoms with van der Waals surface area (Å²) in [6.07, 6.45) is 0.358. The molecule has 3 nitrogen and oxygen atoms in total. The first-order valence-corrected chi connectivity index (χ1v) is 7.77. The van der Waals surface area contributed by atoms with Gasteiger partial charge in [-0.1, -0.05) is 12.2 Å². The molecule has 3 aliphatic rings. The van der Waals surface area contributed by atoms with Gasteiger partial charge in [-0.05, 0) is 43.9 Å². The number of hydrogen-bond acceptors (Lipinski definition) is 3. The maximum absolute atomic E-state index is 13.3. The van der Waals surface area contributed by atoms with Gasteiger partial charge >= 0.3 is 12.1 Å². The average molecular weight is 318 g/mol. The minimum absolute atomic E-state index is 0.105. The summed E-state index contributed by atoms with van der Waals surface area (Å²) in [7, 11) is 0. The SMILES string of the molecule is CC(=O)OC1C2C3C=CC(C3)C2CCC1C(C)(O)C(F)(F)F. The summed E-state index contributed by atoms with van der Waals surface area (Å²) < 4.78 is 45.1. The number of ether oxygens (including phenoxy) is 1. The monoisotopic (exact) mass is 318 g/mol. The van der Waals surface area contributed by atoms with Crippen molar-refractivity contribution in [1.82, 2.24) is 0 Å². The molecule has 7 atom stereocenters. The van der Waals surface area contributed by atoms with Crippen LogP contribution in [0.3, 0.4) is 0 Å². The molecular weight excluding hydrogens is 297 g/mol. The minimum Gasteiger partial charge on any atom is -0.462 e. The lowest BCUT2D eigenvalue weighted by atomic mass is 9.63. The Labute approximate surface area is 127 Å². The molecule has 6 heteroatoms. The molecule has 1 N–H and O–H groups in total. The third-order valence-electron chi connectivity index (χ3n) is 5.87. The number of fused-ring (bicyclic) bond motifs is 5. The van der Waals surface area contributed by atoms with Crippen molar-refractivity contribution in [2.24, 2.45) is 29.6 Å². The second-order valence-corrected chi connectivity index (χ2v) is 7.09. The smallest absolute Gasteiger partial charge is 0.417 e. The van der Waals surface area contributed by atoms with E-state index in [1.165, 1.54) is 6.92 Å². The van der Waals surface area contributed by atoms with Crippen LogP contribution in [0.5, 0.6) is 0 Å². The van der Waals surface area contributed by atoms with Gasteiger partial charge in [-0.25, -0.2) is 0 Å². The van der Waals surface area contributed by atoms with Crippen LogP contribution in [0.25, 0.3) is 0 Å². The van der Waals surface area contributed by atoms with Crippen LogP contribution in [0.1, 0.15) is 33.1 Å². The van der Waals surface area contributed by atoms with E-state index in [0.29, 0.717) is 12.3 Å². The number of alkyl halides is 3. The van der Waals surface area contributed by atoms with E-state index in [-0.39, 0.29) is 24.2 Å². The second-order valence-electron chi connectivity index (χ2n) is 7.09. The molecular formula is C16H21F3O3. The number of esters is 1. The van der Waals surface area contributed by atoms with Gasteiger partial charge in [-0.2, -0.15) is 13.2 Å². The summed E-state index contributed by atoms with van der Waals surface area (Å²) in [6, 6.07) is 0. The summed E-state index contributed by atoms with van der Waals surface area (Å²) in [5, 5.41) is 10.1. The zero-order chi connectivity index (χ0) is 16.3. The molecule has 0 saturated heterocycles. The Morgan fingerprint density at radius 1 is 1.23 bits per heavy atom. The molecule has 0 aromatic rings. The number of aliphatic hydroxyl groups is 1. The van der Waals surface area contributed by atoms with Gasteiger partial charge in [0.2, 0.25) is 0 Å². The molecule has 22 heavy (non-hydrogen) atoms. The maximum Gasteiger partial charge on any atom is 0.417 e. The van der Waals surface area contributed by atoms with Crippen molar-refractivity contribution in [3.8, 4) is 0 Å². The van der Waals surface area contributed by atoms with Crippen LogP contribution in [-0.2, 0) is 9.53 Å². The molecule has 7 unspecified atom stereocenters. The Hall–Kier alpha value is -1.04. The Bertz CT molecular complexity index is 497. The second kappa shape index (κ2) is 4.98. The fourth-order valence-corrected chi connectivity index (χ4v) is 4.82. The summed E-state index contributed by atoms with van der Waals surface area (Å²) in [6.45, 7) is 2.02. The Kier molecular flexibility index (Phi) is 3.59. The highest BCUT2D eigenvalue weighted by molar-refractivity contribution is 5.66. The molecule has 3 aliphatic carbocycles. The molecule has 2 bridgehead atoms. The number of carbonyl (C=O) groups is 1. The molecule has 3 rings (SSSR count). The van der Waals surface area contributed by atoms with Gasteiger partial charge in [-0.3, -0.25) is 4.79 Å². The van der Waals surface area contributed by atoms with Crippen LogP contribution < -0.4 is 0 Å². The van der Waals surface area contributed by atoms with E-state index in [1.807, 2.05) is 6.08 Å². The Morgan fingerprint density at radius 2 is 1.86 bits per heavy atom. The largest absolute Gasteiger partial charge is 0.462 e. The van der Waals surface area contributed by atoms with E-state index in [2.05, 4.69) is 6.08 Å². The molecule has 0 aromatic heterocycles. The van der Waals surface area contributed by atoms with Gasteiger partial charge in [0.25, 0.3) is 0 Å². The van der Waals surface area contributed by atoms with E-state index in [4.69, 9.17) is 4.74 Å². The van der Waals surface area contributed by atoms with E-state index < -0.39 is 29.8 Å². The first-order valence-electron chi connectivity index (χ1n) is 7.77. The summed E-state index contributed by atoms with van der Waals surface area (Å²) in [4.78, 5) is 11.4. The van der Waals surface area contributed by atoms with Crippen molar-refractivity contribution >= 4 is 5.97 Å². The number of halogens is 3. The van der Waals surface area contributed by atoms with Crippen LogP contribution in [0.15, 0.2) is 12.2 Å². The first-order chi connectivity index (χ1) is 10.1. The van der Waals surface area contributed by atoms with Gasteiger partial charge < -0.3 is 9.84 Å². The fraction of sp³-hybridized carbons (Fsp3) is 0.812. The van der Waals surface area contributed by atoms with Gasteiger partial charge in [0.05, 0.1) is 0 Å². The lowest BCUT2D eigenvalue weighted by molar-refractivity contribution is -0.291. The molecule has 0 spiro atoms. The van der Waals surface area contributed by atoms with Crippen LogP contribution in [0.2, 0.25) is 0 Å². The third-order valence-corrected chi connectivity index (χ3v) is 5.87. The van der Waals surface area contributed by atoms with Crippen molar-refractivity contribution in [2.45, 2.75) is 51.0 Å². The molecule has 0 amide bonds. The van der Waals surface area contributed by atoms with Crippen LogP contribution in [-0.4, -0.2) is 29.0 Å². The molecule has 0 aromatic carbocycles. The number of allylic oxidation sites excluding steroid dienone is 2. The van der Waals surface area contributed by atoms with Gasteiger partial charge in [0.15, 0.2) is 5.60 Å². The summed E-state index contributed by atoms with van der Waals surface area (Å²) in [5.41, 5.74) is -2.84. The minimum atomic E-state index is -4.74. The van der Waals surface area contributed by atoms with Crippen molar-refractivity contribution < 1.29 is 27.8 Å². The van der Waals surface area contributed by atoms with E-state index in [0.717, 1.165) is 13.3 Å². The normalized spacial score (nSPS) is 42.8.